The van der Waals surface area contributed by atoms with Crippen LogP contribution >= 0.6 is 0 Å². The second-order valence-electron chi connectivity index (χ2n) is 8.88. The second-order valence-corrected chi connectivity index (χ2v) is 8.88. The summed E-state index contributed by atoms with van der Waals surface area (Å²) in [5.74, 6) is -8.48. The molecule has 200 valence electrons. The molecule has 0 fully saturated rings. The second kappa shape index (κ2) is 14.2. The molecule has 3 rings (SSSR count). The van der Waals surface area contributed by atoms with Gasteiger partial charge in [0.1, 0.15) is 17.1 Å². The predicted molar refractivity (Wildman–Crippen MR) is 136 cm³/mol. The molecule has 0 aliphatic heterocycles. The summed E-state index contributed by atoms with van der Waals surface area (Å²) < 4.78 is 69.7. The Morgan fingerprint density at radius 2 is 1.26 bits per heavy atom. The van der Waals surface area contributed by atoms with Crippen molar-refractivity contribution in [3.63, 3.8) is 0 Å². The van der Waals surface area contributed by atoms with Crippen molar-refractivity contribution in [2.75, 3.05) is 6.61 Å². The lowest BCUT2D eigenvalue weighted by molar-refractivity contribution is 0.0722. The maximum atomic E-state index is 14.8. The highest BCUT2D eigenvalue weighted by molar-refractivity contribution is 5.92. The van der Waals surface area contributed by atoms with Crippen LogP contribution in [0.5, 0.6) is 11.5 Å². The van der Waals surface area contributed by atoms with Crippen LogP contribution in [0.1, 0.15) is 74.2 Å². The van der Waals surface area contributed by atoms with Crippen LogP contribution in [-0.2, 0) is 0 Å². The van der Waals surface area contributed by atoms with Crippen molar-refractivity contribution in [2.45, 2.75) is 58.3 Å². The van der Waals surface area contributed by atoms with E-state index >= 15 is 0 Å². The molecule has 0 amide bonds. The van der Waals surface area contributed by atoms with Gasteiger partial charge in [0.15, 0.2) is 23.3 Å². The van der Waals surface area contributed by atoms with Gasteiger partial charge in [0.05, 0.1) is 23.8 Å². The van der Waals surface area contributed by atoms with E-state index in [0.717, 1.165) is 19.3 Å². The van der Waals surface area contributed by atoms with Gasteiger partial charge in [-0.2, -0.15) is 5.26 Å². The maximum absolute atomic E-state index is 14.8. The molecule has 0 aliphatic rings. The Kier molecular flexibility index (Phi) is 10.7. The fourth-order valence-electron chi connectivity index (χ4n) is 3.96. The number of carbonyl (C=O) groups excluding carboxylic acids is 1. The first-order valence-electron chi connectivity index (χ1n) is 12.7. The third-order valence-corrected chi connectivity index (χ3v) is 6.07. The number of esters is 1. The van der Waals surface area contributed by atoms with Gasteiger partial charge >= 0.3 is 5.97 Å². The number of halogens is 4. The first kappa shape index (κ1) is 28.7. The Morgan fingerprint density at radius 1 is 0.737 bits per heavy atom. The van der Waals surface area contributed by atoms with Crippen molar-refractivity contribution in [3.05, 3.63) is 82.9 Å². The van der Waals surface area contributed by atoms with Gasteiger partial charge in [-0.1, -0.05) is 64.0 Å². The lowest BCUT2D eigenvalue weighted by atomic mass is 10.0. The SMILES string of the molecule is CCCCCCCCCCOc1ccc(-c2c(F)c(F)c(C(=O)Oc3ccc(C#N)cc3)c(F)c2F)cc1. The molecular formula is C30H29F4NO3. The summed E-state index contributed by atoms with van der Waals surface area (Å²) in [7, 11) is 0. The number of ether oxygens (including phenoxy) is 2. The third-order valence-electron chi connectivity index (χ3n) is 6.07. The average Bonchev–Trinajstić information content (AvgIpc) is 2.92. The normalized spacial score (nSPS) is 10.7. The topological polar surface area (TPSA) is 59.3 Å². The molecule has 4 nitrogen and oxygen atoms in total. The number of hydrogen-bond donors (Lipinski definition) is 0. The van der Waals surface area contributed by atoms with E-state index in [9.17, 15) is 22.4 Å². The summed E-state index contributed by atoms with van der Waals surface area (Å²) in [4.78, 5) is 12.3. The Labute approximate surface area is 219 Å². The number of benzene rings is 3. The van der Waals surface area contributed by atoms with Gasteiger partial charge in [-0.25, -0.2) is 22.4 Å². The predicted octanol–water partition coefficient (Wildman–Crippen LogP) is 8.52. The summed E-state index contributed by atoms with van der Waals surface area (Å²) in [6.07, 6.45) is 9.24. The summed E-state index contributed by atoms with van der Waals surface area (Å²) in [5.41, 5.74) is -2.29. The first-order chi connectivity index (χ1) is 18.4. The minimum absolute atomic E-state index is 0.121. The molecule has 0 N–H and O–H groups in total. The fraction of sp³-hybridized carbons (Fsp3) is 0.333. The minimum atomic E-state index is -1.87. The van der Waals surface area contributed by atoms with Crippen molar-refractivity contribution in [3.8, 4) is 28.7 Å². The van der Waals surface area contributed by atoms with E-state index in [2.05, 4.69) is 6.92 Å². The quantitative estimate of drug-likeness (QED) is 0.0735. The number of carbonyl (C=O) groups is 1. The Morgan fingerprint density at radius 3 is 1.82 bits per heavy atom. The number of nitriles is 1. The molecule has 0 atom stereocenters. The largest absolute Gasteiger partial charge is 0.494 e. The van der Waals surface area contributed by atoms with Crippen LogP contribution in [0.2, 0.25) is 0 Å². The fourth-order valence-corrected chi connectivity index (χ4v) is 3.96. The molecule has 0 saturated heterocycles. The van der Waals surface area contributed by atoms with Gasteiger partial charge in [0, 0.05) is 0 Å². The zero-order chi connectivity index (χ0) is 27.5. The molecule has 38 heavy (non-hydrogen) atoms. The Balaban J connectivity index is 1.65. The van der Waals surface area contributed by atoms with Crippen LogP contribution in [0.15, 0.2) is 48.5 Å². The highest BCUT2D eigenvalue weighted by Gasteiger charge is 2.31. The van der Waals surface area contributed by atoms with Crippen LogP contribution in [0, 0.1) is 34.6 Å². The molecule has 0 radical (unpaired) electrons. The van der Waals surface area contributed by atoms with Gasteiger partial charge in [-0.05, 0) is 48.4 Å². The molecule has 3 aromatic rings. The van der Waals surface area contributed by atoms with E-state index in [-0.39, 0.29) is 16.9 Å². The van der Waals surface area contributed by atoms with Crippen molar-refractivity contribution < 1.29 is 31.8 Å². The van der Waals surface area contributed by atoms with Crippen molar-refractivity contribution >= 4 is 5.97 Å². The van der Waals surface area contributed by atoms with Crippen LogP contribution < -0.4 is 9.47 Å². The molecule has 0 aliphatic carbocycles. The Bertz CT molecular complexity index is 1240. The molecule has 0 aromatic heterocycles. The zero-order valence-electron chi connectivity index (χ0n) is 21.2. The standard InChI is InChI=1S/C30H29F4NO3/c1-2-3-4-5-6-7-8-9-18-37-22-16-12-21(13-17-22)24-26(31)28(33)25(29(34)27(24)32)30(36)38-23-14-10-20(19-35)11-15-23/h10-17H,2-9,18H2,1H3. The molecule has 3 aromatic carbocycles. The van der Waals surface area contributed by atoms with E-state index in [4.69, 9.17) is 14.7 Å². The molecule has 8 heteroatoms. The molecule has 0 heterocycles. The van der Waals surface area contributed by atoms with Gasteiger partial charge in [-0.3, -0.25) is 0 Å². The molecule has 0 bridgehead atoms. The lowest BCUT2D eigenvalue weighted by Gasteiger charge is -2.13. The van der Waals surface area contributed by atoms with Gasteiger partial charge in [0.25, 0.3) is 0 Å². The van der Waals surface area contributed by atoms with E-state index in [1.807, 2.05) is 6.07 Å². The average molecular weight is 528 g/mol. The first-order valence-corrected chi connectivity index (χ1v) is 12.7. The molecule has 0 saturated carbocycles. The van der Waals surface area contributed by atoms with E-state index in [0.29, 0.717) is 12.4 Å². The zero-order valence-corrected chi connectivity index (χ0v) is 21.2. The van der Waals surface area contributed by atoms with E-state index < -0.39 is 40.4 Å². The summed E-state index contributed by atoms with van der Waals surface area (Å²) in [6.45, 7) is 2.67. The van der Waals surface area contributed by atoms with Crippen LogP contribution in [0.3, 0.4) is 0 Å². The summed E-state index contributed by atoms with van der Waals surface area (Å²) in [6, 6.07) is 12.4. The van der Waals surface area contributed by atoms with Crippen molar-refractivity contribution in [2.24, 2.45) is 0 Å². The van der Waals surface area contributed by atoms with Crippen LogP contribution in [0.4, 0.5) is 17.6 Å². The maximum Gasteiger partial charge on any atom is 0.349 e. The van der Waals surface area contributed by atoms with Crippen molar-refractivity contribution in [1.82, 2.24) is 0 Å². The van der Waals surface area contributed by atoms with Crippen LogP contribution in [0.25, 0.3) is 11.1 Å². The number of unbranched alkanes of at least 4 members (excludes halogenated alkanes) is 7. The van der Waals surface area contributed by atoms with E-state index in [1.165, 1.54) is 80.6 Å². The number of nitrogens with zero attached hydrogens (tertiary/aromatic N) is 1. The van der Waals surface area contributed by atoms with Gasteiger partial charge in [-0.15, -0.1) is 0 Å². The van der Waals surface area contributed by atoms with E-state index in [1.54, 1.807) is 0 Å². The summed E-state index contributed by atoms with van der Waals surface area (Å²) >= 11 is 0. The lowest BCUT2D eigenvalue weighted by Crippen LogP contribution is -2.17. The molecular weight excluding hydrogens is 498 g/mol. The third kappa shape index (κ3) is 7.34. The minimum Gasteiger partial charge on any atom is -0.494 e. The molecule has 0 spiro atoms. The monoisotopic (exact) mass is 527 g/mol. The van der Waals surface area contributed by atoms with Crippen molar-refractivity contribution in [1.29, 1.82) is 5.26 Å². The molecule has 0 unspecified atom stereocenters. The van der Waals surface area contributed by atoms with Gasteiger partial charge < -0.3 is 9.47 Å². The highest BCUT2D eigenvalue weighted by atomic mass is 19.2. The number of hydrogen-bond acceptors (Lipinski definition) is 4. The highest BCUT2D eigenvalue weighted by Crippen LogP contribution is 2.33. The number of rotatable bonds is 13. The van der Waals surface area contributed by atoms with Crippen LogP contribution in [-0.4, -0.2) is 12.6 Å². The smallest absolute Gasteiger partial charge is 0.349 e. The summed E-state index contributed by atoms with van der Waals surface area (Å²) in [5, 5.41) is 8.80. The Hall–Kier alpha value is -3.86. The van der Waals surface area contributed by atoms with Gasteiger partial charge in [0.2, 0.25) is 0 Å².